The summed E-state index contributed by atoms with van der Waals surface area (Å²) in [6.45, 7) is 1.92. The van der Waals surface area contributed by atoms with Crippen LogP contribution in [0, 0.1) is 0 Å². The molecule has 2 heterocycles. The fourth-order valence-electron chi connectivity index (χ4n) is 2.72. The van der Waals surface area contributed by atoms with Crippen LogP contribution in [0.2, 0.25) is 0 Å². The highest BCUT2D eigenvalue weighted by molar-refractivity contribution is 5.95. The van der Waals surface area contributed by atoms with E-state index in [1.165, 1.54) is 18.3 Å². The lowest BCUT2D eigenvalue weighted by atomic mass is 10.1. The van der Waals surface area contributed by atoms with Crippen LogP contribution in [0.5, 0.6) is 11.6 Å². The molecule has 0 radical (unpaired) electrons. The van der Waals surface area contributed by atoms with Crippen LogP contribution in [0.15, 0.2) is 48.8 Å². The van der Waals surface area contributed by atoms with Crippen LogP contribution in [-0.2, 0) is 13.2 Å². The first kappa shape index (κ1) is 22.3. The highest BCUT2D eigenvalue weighted by Gasteiger charge is 2.30. The lowest BCUT2D eigenvalue weighted by Gasteiger charge is -2.12. The Morgan fingerprint density at radius 3 is 2.55 bits per heavy atom. The molecule has 0 aliphatic rings. The molecule has 0 bridgehead atoms. The third-order valence-corrected chi connectivity index (χ3v) is 4.35. The zero-order valence-electron chi connectivity index (χ0n) is 16.8. The Kier molecular flexibility index (Phi) is 6.59. The number of aryl methyl sites for hydroxylation is 1. The van der Waals surface area contributed by atoms with Crippen LogP contribution in [0.3, 0.4) is 0 Å². The number of aliphatic hydroxyl groups excluding tert-OH is 1. The number of carbonyl (C=O) groups is 1. The second kappa shape index (κ2) is 9.17. The summed E-state index contributed by atoms with van der Waals surface area (Å²) in [6, 6.07) is 7.48. The Bertz CT molecular complexity index is 1050. The van der Waals surface area contributed by atoms with Crippen molar-refractivity contribution in [1.29, 1.82) is 0 Å². The molecule has 0 aliphatic heterocycles. The van der Waals surface area contributed by atoms with Gasteiger partial charge in [0.05, 0.1) is 28.5 Å². The molecule has 0 saturated carbocycles. The first-order chi connectivity index (χ1) is 14.6. The molecule has 31 heavy (non-hydrogen) atoms. The molecule has 2 aromatic heterocycles. The standard InChI is InChI=1S/C21H21F3N4O3/c1-13(29)7-9-25-19(30)14-11-17(18-8-10-28(2)27-18)20(26-12-14)31-16-5-3-15(4-6-16)21(22,23)24/h3-6,8,10-13,29H,7,9H2,1-2H3,(H,25,30). The Morgan fingerprint density at radius 2 is 1.97 bits per heavy atom. The second-order valence-electron chi connectivity index (χ2n) is 6.97. The van der Waals surface area contributed by atoms with Crippen molar-refractivity contribution in [2.45, 2.75) is 25.6 Å². The van der Waals surface area contributed by atoms with Gasteiger partial charge in [-0.25, -0.2) is 4.98 Å². The van der Waals surface area contributed by atoms with Gasteiger partial charge in [-0.15, -0.1) is 0 Å². The highest BCUT2D eigenvalue weighted by Crippen LogP contribution is 2.34. The van der Waals surface area contributed by atoms with E-state index in [0.717, 1.165) is 12.1 Å². The Hall–Kier alpha value is -3.40. The molecule has 1 atom stereocenters. The number of hydrogen-bond acceptors (Lipinski definition) is 5. The minimum Gasteiger partial charge on any atom is -0.438 e. The van der Waals surface area contributed by atoms with Gasteiger partial charge in [0.15, 0.2) is 0 Å². The van der Waals surface area contributed by atoms with E-state index >= 15 is 0 Å². The highest BCUT2D eigenvalue weighted by atomic mass is 19.4. The van der Waals surface area contributed by atoms with E-state index in [4.69, 9.17) is 4.74 Å². The first-order valence-corrected chi connectivity index (χ1v) is 9.45. The van der Waals surface area contributed by atoms with Crippen molar-refractivity contribution in [3.8, 4) is 22.9 Å². The van der Waals surface area contributed by atoms with Crippen molar-refractivity contribution in [2.75, 3.05) is 6.54 Å². The third-order valence-electron chi connectivity index (χ3n) is 4.35. The van der Waals surface area contributed by atoms with Crippen molar-refractivity contribution in [3.05, 3.63) is 59.9 Å². The molecular formula is C21H21F3N4O3. The summed E-state index contributed by atoms with van der Waals surface area (Å²) < 4.78 is 45.6. The zero-order chi connectivity index (χ0) is 22.6. The summed E-state index contributed by atoms with van der Waals surface area (Å²) in [4.78, 5) is 16.6. The van der Waals surface area contributed by atoms with Crippen LogP contribution in [0.4, 0.5) is 13.2 Å². The van der Waals surface area contributed by atoms with Gasteiger partial charge in [-0.3, -0.25) is 9.48 Å². The minimum atomic E-state index is -4.45. The smallest absolute Gasteiger partial charge is 0.416 e. The topological polar surface area (TPSA) is 89.3 Å². The maximum atomic E-state index is 12.8. The summed E-state index contributed by atoms with van der Waals surface area (Å²) in [5.74, 6) is -0.128. The predicted octanol–water partition coefficient (Wildman–Crippen LogP) is 3.79. The number of pyridine rings is 1. The molecule has 0 aliphatic carbocycles. The molecule has 2 N–H and O–H groups in total. The van der Waals surface area contributed by atoms with E-state index in [9.17, 15) is 23.1 Å². The number of hydrogen-bond donors (Lipinski definition) is 2. The van der Waals surface area contributed by atoms with Crippen LogP contribution in [-0.4, -0.2) is 38.4 Å². The first-order valence-electron chi connectivity index (χ1n) is 9.45. The normalized spacial score (nSPS) is 12.5. The number of alkyl halides is 3. The van der Waals surface area contributed by atoms with Crippen molar-refractivity contribution in [2.24, 2.45) is 7.05 Å². The number of ether oxygens (including phenoxy) is 1. The number of carbonyl (C=O) groups excluding carboxylic acids is 1. The SMILES string of the molecule is CC(O)CCNC(=O)c1cnc(Oc2ccc(C(F)(F)F)cc2)c(-c2ccn(C)n2)c1. The van der Waals surface area contributed by atoms with Crippen molar-refractivity contribution >= 4 is 5.91 Å². The van der Waals surface area contributed by atoms with Gasteiger partial charge in [-0.1, -0.05) is 0 Å². The number of benzene rings is 1. The van der Waals surface area contributed by atoms with Crippen LogP contribution < -0.4 is 10.1 Å². The summed E-state index contributed by atoms with van der Waals surface area (Å²) in [5.41, 5.74) is 0.354. The van der Waals surface area contributed by atoms with Crippen LogP contribution in [0.1, 0.15) is 29.3 Å². The summed E-state index contributed by atoms with van der Waals surface area (Å²) >= 11 is 0. The van der Waals surface area contributed by atoms with E-state index in [1.54, 1.807) is 37.0 Å². The number of nitrogens with zero attached hydrogens (tertiary/aromatic N) is 3. The maximum absolute atomic E-state index is 12.8. The molecule has 0 saturated heterocycles. The van der Waals surface area contributed by atoms with Gasteiger partial charge in [-0.2, -0.15) is 18.3 Å². The van der Waals surface area contributed by atoms with E-state index < -0.39 is 17.8 Å². The molecule has 1 unspecified atom stereocenters. The van der Waals surface area contributed by atoms with Crippen LogP contribution in [0.25, 0.3) is 11.3 Å². The van der Waals surface area contributed by atoms with Crippen molar-refractivity contribution < 1.29 is 27.8 Å². The average molecular weight is 434 g/mol. The number of halogens is 3. The average Bonchev–Trinajstić information content (AvgIpc) is 3.14. The lowest BCUT2D eigenvalue weighted by Crippen LogP contribution is -2.26. The molecule has 3 aromatic rings. The molecule has 1 amide bonds. The summed E-state index contributed by atoms with van der Waals surface area (Å²) in [7, 11) is 1.72. The number of amides is 1. The third kappa shape index (κ3) is 5.82. The quantitative estimate of drug-likeness (QED) is 0.591. The van der Waals surface area contributed by atoms with Crippen molar-refractivity contribution in [3.63, 3.8) is 0 Å². The van der Waals surface area contributed by atoms with Gasteiger partial charge in [0.1, 0.15) is 5.75 Å². The zero-order valence-corrected chi connectivity index (χ0v) is 16.8. The number of rotatable bonds is 7. The maximum Gasteiger partial charge on any atom is 0.416 e. The second-order valence-corrected chi connectivity index (χ2v) is 6.97. The van der Waals surface area contributed by atoms with E-state index in [-0.39, 0.29) is 23.1 Å². The lowest BCUT2D eigenvalue weighted by molar-refractivity contribution is -0.137. The summed E-state index contributed by atoms with van der Waals surface area (Å²) in [6.07, 6.45) is -1.57. The Balaban J connectivity index is 1.88. The van der Waals surface area contributed by atoms with Crippen molar-refractivity contribution in [1.82, 2.24) is 20.1 Å². The summed E-state index contributed by atoms with van der Waals surface area (Å²) in [5, 5.41) is 16.3. The van der Waals surface area contributed by atoms with Gasteiger partial charge < -0.3 is 15.2 Å². The van der Waals surface area contributed by atoms with E-state index in [1.807, 2.05) is 0 Å². The van der Waals surface area contributed by atoms with E-state index in [2.05, 4.69) is 15.4 Å². The molecule has 7 nitrogen and oxygen atoms in total. The van der Waals surface area contributed by atoms with Gasteiger partial charge in [0.2, 0.25) is 5.88 Å². The number of nitrogens with one attached hydrogen (secondary N) is 1. The fourth-order valence-corrected chi connectivity index (χ4v) is 2.72. The van der Waals surface area contributed by atoms with E-state index in [0.29, 0.717) is 24.2 Å². The molecule has 0 spiro atoms. The fraction of sp³-hybridized carbons (Fsp3) is 0.286. The molecule has 1 aromatic carbocycles. The van der Waals surface area contributed by atoms with Gasteiger partial charge in [0, 0.05) is 26.0 Å². The van der Waals surface area contributed by atoms with Crippen LogP contribution >= 0.6 is 0 Å². The molecular weight excluding hydrogens is 413 g/mol. The number of aromatic nitrogens is 3. The monoisotopic (exact) mass is 434 g/mol. The largest absolute Gasteiger partial charge is 0.438 e. The van der Waals surface area contributed by atoms with Gasteiger partial charge >= 0.3 is 6.18 Å². The van der Waals surface area contributed by atoms with Gasteiger partial charge in [-0.05, 0) is 49.7 Å². The molecule has 0 fully saturated rings. The molecule has 164 valence electrons. The minimum absolute atomic E-state index is 0.0963. The number of aliphatic hydroxyl groups is 1. The van der Waals surface area contributed by atoms with Gasteiger partial charge in [0.25, 0.3) is 5.91 Å². The predicted molar refractivity (Wildman–Crippen MR) is 107 cm³/mol. The molecule has 10 heteroatoms. The Labute approximate surface area is 176 Å². The molecule has 3 rings (SSSR count). The Morgan fingerprint density at radius 1 is 1.26 bits per heavy atom.